The third-order valence-electron chi connectivity index (χ3n) is 1.97. The number of carbonyl (C=O) groups excluding carboxylic acids is 1. The summed E-state index contributed by atoms with van der Waals surface area (Å²) in [6.07, 6.45) is 1.25. The van der Waals surface area contributed by atoms with E-state index in [-0.39, 0.29) is 11.9 Å². The van der Waals surface area contributed by atoms with Gasteiger partial charge in [-0.15, -0.1) is 0 Å². The van der Waals surface area contributed by atoms with Crippen LogP contribution < -0.4 is 10.6 Å². The van der Waals surface area contributed by atoms with Gasteiger partial charge in [0.1, 0.15) is 0 Å². The van der Waals surface area contributed by atoms with Gasteiger partial charge in [0, 0.05) is 13.7 Å². The van der Waals surface area contributed by atoms with E-state index < -0.39 is 0 Å². The lowest BCUT2D eigenvalue weighted by Crippen LogP contribution is -2.42. The molecule has 90 valence electrons. The molecule has 0 aliphatic carbocycles. The second kappa shape index (κ2) is 6.91. The van der Waals surface area contributed by atoms with Crippen LogP contribution in [-0.2, 0) is 16.1 Å². The number of methoxy groups -OCH3 is 1. The molecule has 0 spiro atoms. The van der Waals surface area contributed by atoms with Gasteiger partial charge in [-0.05, 0) is 6.92 Å². The molecule has 7 nitrogen and oxygen atoms in total. The lowest BCUT2D eigenvalue weighted by molar-refractivity contribution is -0.123. The molecule has 7 heteroatoms. The Balaban J connectivity index is 2.18. The molecule has 16 heavy (non-hydrogen) atoms. The van der Waals surface area contributed by atoms with Crippen molar-refractivity contribution in [3.63, 3.8) is 0 Å². The van der Waals surface area contributed by atoms with E-state index in [0.29, 0.717) is 25.5 Å². The molecule has 1 aromatic rings. The maximum absolute atomic E-state index is 11.5. The van der Waals surface area contributed by atoms with Crippen molar-refractivity contribution in [3.8, 4) is 0 Å². The minimum absolute atomic E-state index is 0.0828. The van der Waals surface area contributed by atoms with Gasteiger partial charge >= 0.3 is 0 Å². The fourth-order valence-electron chi connectivity index (χ4n) is 1.04. The average Bonchev–Trinajstić information content (AvgIpc) is 2.79. The highest BCUT2D eigenvalue weighted by Gasteiger charge is 2.12. The maximum atomic E-state index is 11.5. The minimum Gasteiger partial charge on any atom is -0.383 e. The predicted molar refractivity (Wildman–Crippen MR) is 55.5 cm³/mol. The summed E-state index contributed by atoms with van der Waals surface area (Å²) in [6, 6.07) is -0.310. The zero-order valence-corrected chi connectivity index (χ0v) is 9.40. The minimum atomic E-state index is -0.310. The summed E-state index contributed by atoms with van der Waals surface area (Å²) >= 11 is 0. The van der Waals surface area contributed by atoms with Crippen LogP contribution in [0.2, 0.25) is 0 Å². The number of aromatic nitrogens is 2. The molecule has 0 saturated carbocycles. The van der Waals surface area contributed by atoms with Crippen molar-refractivity contribution < 1.29 is 14.1 Å². The molecular weight excluding hydrogens is 212 g/mol. The monoisotopic (exact) mass is 228 g/mol. The van der Waals surface area contributed by atoms with E-state index in [1.807, 2.05) is 0 Å². The number of hydrogen-bond donors (Lipinski definition) is 2. The Morgan fingerprint density at radius 3 is 3.12 bits per heavy atom. The number of carbonyl (C=O) groups is 1. The molecule has 0 saturated heterocycles. The van der Waals surface area contributed by atoms with Crippen LogP contribution >= 0.6 is 0 Å². The largest absolute Gasteiger partial charge is 0.383 e. The standard InChI is InChI=1S/C9H16N4O3/c1-7(9(14)10-3-4-15-2)11-5-8-12-6-16-13-8/h6-7,11H,3-5H2,1-2H3,(H,10,14). The van der Waals surface area contributed by atoms with Gasteiger partial charge in [-0.1, -0.05) is 5.16 Å². The molecule has 0 bridgehead atoms. The quantitative estimate of drug-likeness (QED) is 0.600. The highest BCUT2D eigenvalue weighted by atomic mass is 16.5. The molecule has 0 aromatic carbocycles. The summed E-state index contributed by atoms with van der Waals surface area (Å²) in [4.78, 5) is 15.3. The third-order valence-corrected chi connectivity index (χ3v) is 1.97. The van der Waals surface area contributed by atoms with Crippen LogP contribution in [0, 0.1) is 0 Å². The van der Waals surface area contributed by atoms with Gasteiger partial charge in [-0.25, -0.2) is 0 Å². The van der Waals surface area contributed by atoms with E-state index in [2.05, 4.69) is 25.3 Å². The average molecular weight is 228 g/mol. The zero-order valence-electron chi connectivity index (χ0n) is 9.40. The first-order valence-corrected chi connectivity index (χ1v) is 4.99. The Kier molecular flexibility index (Phi) is 5.44. The number of nitrogens with zero attached hydrogens (tertiary/aromatic N) is 2. The van der Waals surface area contributed by atoms with Gasteiger partial charge in [0.05, 0.1) is 19.2 Å². The molecule has 0 radical (unpaired) electrons. The number of amides is 1. The smallest absolute Gasteiger partial charge is 0.236 e. The Bertz CT molecular complexity index is 302. The summed E-state index contributed by atoms with van der Waals surface area (Å²) in [5.41, 5.74) is 0. The number of rotatable bonds is 7. The first kappa shape index (κ1) is 12.6. The van der Waals surface area contributed by atoms with Crippen molar-refractivity contribution in [2.24, 2.45) is 0 Å². The number of ether oxygens (including phenoxy) is 1. The second-order valence-electron chi connectivity index (χ2n) is 3.23. The molecule has 0 fully saturated rings. The summed E-state index contributed by atoms with van der Waals surface area (Å²) in [5, 5.41) is 9.32. The van der Waals surface area contributed by atoms with Crippen molar-refractivity contribution in [1.29, 1.82) is 0 Å². The molecule has 1 amide bonds. The Hall–Kier alpha value is -1.47. The topological polar surface area (TPSA) is 89.3 Å². The van der Waals surface area contributed by atoms with E-state index >= 15 is 0 Å². The SMILES string of the molecule is COCCNC(=O)C(C)NCc1ncon1. The van der Waals surface area contributed by atoms with Gasteiger partial charge in [0.25, 0.3) is 0 Å². The van der Waals surface area contributed by atoms with Crippen LogP contribution in [0.1, 0.15) is 12.7 Å². The van der Waals surface area contributed by atoms with Crippen LogP contribution in [0.4, 0.5) is 0 Å². The van der Waals surface area contributed by atoms with Gasteiger partial charge in [-0.3, -0.25) is 10.1 Å². The summed E-state index contributed by atoms with van der Waals surface area (Å²) in [6.45, 7) is 3.17. The van der Waals surface area contributed by atoms with Crippen molar-refractivity contribution in [1.82, 2.24) is 20.8 Å². The predicted octanol–water partition coefficient (Wildman–Crippen LogP) is -0.690. The third kappa shape index (κ3) is 4.37. The lowest BCUT2D eigenvalue weighted by atomic mass is 10.3. The molecular formula is C9H16N4O3. The van der Waals surface area contributed by atoms with Gasteiger partial charge < -0.3 is 14.6 Å². The molecule has 1 atom stereocenters. The molecule has 1 rings (SSSR count). The van der Waals surface area contributed by atoms with E-state index in [1.54, 1.807) is 14.0 Å². The van der Waals surface area contributed by atoms with Crippen molar-refractivity contribution in [2.45, 2.75) is 19.5 Å². The van der Waals surface area contributed by atoms with E-state index in [4.69, 9.17) is 4.74 Å². The summed E-state index contributed by atoms with van der Waals surface area (Å²) in [5.74, 6) is 0.442. The summed E-state index contributed by atoms with van der Waals surface area (Å²) in [7, 11) is 1.59. The van der Waals surface area contributed by atoms with Crippen molar-refractivity contribution in [2.75, 3.05) is 20.3 Å². The van der Waals surface area contributed by atoms with E-state index in [0.717, 1.165) is 0 Å². The van der Waals surface area contributed by atoms with Crippen LogP contribution in [0.5, 0.6) is 0 Å². The number of nitrogens with one attached hydrogen (secondary N) is 2. The van der Waals surface area contributed by atoms with E-state index in [1.165, 1.54) is 6.39 Å². The first-order valence-electron chi connectivity index (χ1n) is 4.99. The van der Waals surface area contributed by atoms with Crippen LogP contribution in [-0.4, -0.2) is 42.4 Å². The first-order chi connectivity index (χ1) is 7.74. The summed E-state index contributed by atoms with van der Waals surface area (Å²) < 4.78 is 9.39. The number of hydrogen-bond acceptors (Lipinski definition) is 6. The molecule has 0 aliphatic heterocycles. The van der Waals surface area contributed by atoms with Gasteiger partial charge in [-0.2, -0.15) is 4.98 Å². The highest BCUT2D eigenvalue weighted by Crippen LogP contribution is 1.89. The normalized spacial score (nSPS) is 12.4. The Labute approximate surface area is 93.5 Å². The fraction of sp³-hybridized carbons (Fsp3) is 0.667. The fourth-order valence-corrected chi connectivity index (χ4v) is 1.04. The molecule has 1 heterocycles. The molecule has 0 aliphatic rings. The maximum Gasteiger partial charge on any atom is 0.236 e. The Morgan fingerprint density at radius 2 is 2.50 bits per heavy atom. The van der Waals surface area contributed by atoms with Crippen LogP contribution in [0.3, 0.4) is 0 Å². The van der Waals surface area contributed by atoms with Crippen LogP contribution in [0.25, 0.3) is 0 Å². The van der Waals surface area contributed by atoms with E-state index in [9.17, 15) is 4.79 Å². The second-order valence-corrected chi connectivity index (χ2v) is 3.23. The van der Waals surface area contributed by atoms with Crippen molar-refractivity contribution in [3.05, 3.63) is 12.2 Å². The van der Waals surface area contributed by atoms with Gasteiger partial charge in [0.2, 0.25) is 12.3 Å². The molecule has 1 aromatic heterocycles. The zero-order chi connectivity index (χ0) is 11.8. The molecule has 2 N–H and O–H groups in total. The highest BCUT2D eigenvalue weighted by molar-refractivity contribution is 5.81. The lowest BCUT2D eigenvalue weighted by Gasteiger charge is -2.12. The van der Waals surface area contributed by atoms with Crippen LogP contribution in [0.15, 0.2) is 10.9 Å². The van der Waals surface area contributed by atoms with Gasteiger partial charge in [0.15, 0.2) is 5.82 Å². The Morgan fingerprint density at radius 1 is 1.69 bits per heavy atom. The van der Waals surface area contributed by atoms with Crippen molar-refractivity contribution >= 4 is 5.91 Å². The molecule has 1 unspecified atom stereocenters.